The predicted molar refractivity (Wildman–Crippen MR) is 156 cm³/mol. The van der Waals surface area contributed by atoms with E-state index in [1.165, 1.54) is 11.3 Å². The molecule has 1 aliphatic heterocycles. The Morgan fingerprint density at radius 2 is 1.90 bits per heavy atom. The summed E-state index contributed by atoms with van der Waals surface area (Å²) in [4.78, 5) is 42.2. The lowest BCUT2D eigenvalue weighted by molar-refractivity contribution is -0.131. The molecule has 1 atom stereocenters. The van der Waals surface area contributed by atoms with Crippen LogP contribution in [0, 0.1) is 0 Å². The van der Waals surface area contributed by atoms with Crippen molar-refractivity contribution in [3.05, 3.63) is 29.2 Å². The van der Waals surface area contributed by atoms with Gasteiger partial charge in [-0.25, -0.2) is 23.4 Å². The number of fused-ring (bicyclic) bond motifs is 3. The molecule has 0 bridgehead atoms. The molecular weight excluding hydrogens is 564 g/mol. The molecule has 5 heterocycles. The van der Waals surface area contributed by atoms with Crippen molar-refractivity contribution in [2.75, 3.05) is 16.8 Å². The topological polar surface area (TPSA) is 144 Å². The average Bonchev–Trinajstić information content (AvgIpc) is 3.78. The Kier molecular flexibility index (Phi) is 6.30. The van der Waals surface area contributed by atoms with Gasteiger partial charge in [0.15, 0.2) is 20.8 Å². The third-order valence-electron chi connectivity index (χ3n) is 8.14. The third-order valence-corrected chi connectivity index (χ3v) is 10.7. The molecule has 7 rings (SSSR count). The van der Waals surface area contributed by atoms with E-state index in [4.69, 9.17) is 4.98 Å². The smallest absolute Gasteiger partial charge is 0.271 e. The quantitative estimate of drug-likeness (QED) is 0.300. The lowest BCUT2D eigenvalue weighted by atomic mass is 10.2. The highest BCUT2D eigenvalue weighted by Gasteiger charge is 2.42. The number of amides is 2. The van der Waals surface area contributed by atoms with E-state index in [0.29, 0.717) is 47.9 Å². The van der Waals surface area contributed by atoms with Gasteiger partial charge in [0.25, 0.3) is 5.91 Å². The number of thiazole rings is 1. The Labute approximate surface area is 241 Å². The molecule has 3 fully saturated rings. The number of hydrogen-bond donors (Lipinski definition) is 2. The molecule has 41 heavy (non-hydrogen) atoms. The van der Waals surface area contributed by atoms with Gasteiger partial charge in [-0.05, 0) is 45.1 Å². The summed E-state index contributed by atoms with van der Waals surface area (Å²) in [6, 6.07) is 2.49. The van der Waals surface area contributed by atoms with Crippen LogP contribution >= 0.6 is 11.3 Å². The number of imidazole rings is 1. The minimum atomic E-state index is -3.10. The minimum absolute atomic E-state index is 0.0422. The summed E-state index contributed by atoms with van der Waals surface area (Å²) in [5.74, 6) is 0.350. The zero-order chi connectivity index (χ0) is 28.5. The summed E-state index contributed by atoms with van der Waals surface area (Å²) in [5, 5.41) is 9.09. The zero-order valence-corrected chi connectivity index (χ0v) is 24.6. The molecule has 0 aromatic carbocycles. The summed E-state index contributed by atoms with van der Waals surface area (Å²) in [7, 11) is -1.16. The van der Waals surface area contributed by atoms with Crippen molar-refractivity contribution in [3.63, 3.8) is 0 Å². The average molecular weight is 597 g/mol. The summed E-state index contributed by atoms with van der Waals surface area (Å²) >= 11 is 1.26. The van der Waals surface area contributed by atoms with Crippen molar-refractivity contribution >= 4 is 66.0 Å². The van der Waals surface area contributed by atoms with E-state index >= 15 is 0 Å². The summed E-state index contributed by atoms with van der Waals surface area (Å²) < 4.78 is 27.5. The van der Waals surface area contributed by atoms with Gasteiger partial charge >= 0.3 is 0 Å². The van der Waals surface area contributed by atoms with Gasteiger partial charge in [-0.2, -0.15) is 0 Å². The number of pyridine rings is 1. The number of nitrogens with one attached hydrogen (secondary N) is 2. The Morgan fingerprint density at radius 3 is 2.56 bits per heavy atom. The number of hydrogen-bond acceptors (Lipinski definition) is 9. The van der Waals surface area contributed by atoms with Gasteiger partial charge in [0.05, 0.1) is 29.8 Å². The number of carbonyl (C=O) groups is 2. The Morgan fingerprint density at radius 1 is 1.15 bits per heavy atom. The van der Waals surface area contributed by atoms with Crippen LogP contribution in [0.3, 0.4) is 0 Å². The molecule has 3 aliphatic rings. The van der Waals surface area contributed by atoms with Gasteiger partial charge in [-0.1, -0.05) is 0 Å². The highest BCUT2D eigenvalue weighted by molar-refractivity contribution is 7.91. The van der Waals surface area contributed by atoms with E-state index in [1.54, 1.807) is 11.7 Å². The fraction of sp³-hybridized carbons (Fsp3) is 0.519. The van der Waals surface area contributed by atoms with Crippen molar-refractivity contribution in [1.82, 2.24) is 34.3 Å². The van der Waals surface area contributed by atoms with E-state index in [1.807, 2.05) is 11.6 Å². The second-order valence-corrected chi connectivity index (χ2v) is 14.4. The number of sulfone groups is 1. The van der Waals surface area contributed by atoms with Crippen LogP contribution in [0.5, 0.6) is 0 Å². The summed E-state index contributed by atoms with van der Waals surface area (Å²) in [6.45, 7) is 2.71. The van der Waals surface area contributed by atoms with Crippen molar-refractivity contribution in [1.29, 1.82) is 0 Å². The van der Waals surface area contributed by atoms with Crippen molar-refractivity contribution < 1.29 is 18.0 Å². The standard InChI is InChI=1S/C27H32N8O4S2/c1-3-34-18(11-21(36)35(16-4-5-16)17-6-7-17)10-19-23-22(28-14-33(23)2)24(31-25(19)34)32-27-30-20(12-40-27)26(37)29-15-8-9-41(38,39)13-15/h10,12,14-17H,3-9,11,13H2,1-2H3,(H,29,37)(H,30,31,32). The highest BCUT2D eigenvalue weighted by atomic mass is 32.2. The normalized spacial score (nSPS) is 20.1. The molecule has 2 saturated carbocycles. The third kappa shape index (κ3) is 4.96. The Balaban J connectivity index is 1.18. The monoisotopic (exact) mass is 596 g/mol. The van der Waals surface area contributed by atoms with Crippen molar-refractivity contribution in [2.45, 2.75) is 70.1 Å². The molecule has 2 N–H and O–H groups in total. The first-order valence-corrected chi connectivity index (χ1v) is 16.8. The van der Waals surface area contributed by atoms with Crippen molar-refractivity contribution in [3.8, 4) is 0 Å². The number of anilines is 2. The molecule has 1 saturated heterocycles. The molecule has 4 aromatic heterocycles. The molecule has 216 valence electrons. The van der Waals surface area contributed by atoms with Gasteiger partial charge in [0, 0.05) is 48.2 Å². The molecule has 0 radical (unpaired) electrons. The first kappa shape index (κ1) is 26.4. The van der Waals surface area contributed by atoms with Gasteiger partial charge in [0.1, 0.15) is 16.9 Å². The number of rotatable bonds is 9. The summed E-state index contributed by atoms with van der Waals surface area (Å²) in [5.41, 5.74) is 3.48. The fourth-order valence-electron chi connectivity index (χ4n) is 5.91. The van der Waals surface area contributed by atoms with Crippen LogP contribution in [0.1, 0.15) is 55.2 Å². The molecular formula is C27H32N8O4S2. The molecule has 4 aromatic rings. The highest BCUT2D eigenvalue weighted by Crippen LogP contribution is 2.38. The van der Waals surface area contributed by atoms with E-state index in [-0.39, 0.29) is 23.1 Å². The van der Waals surface area contributed by atoms with Crippen LogP contribution in [0.25, 0.3) is 22.1 Å². The lowest BCUT2D eigenvalue weighted by Gasteiger charge is -2.22. The molecule has 0 spiro atoms. The second-order valence-electron chi connectivity index (χ2n) is 11.3. The molecule has 2 aliphatic carbocycles. The Hall–Kier alpha value is -3.52. The van der Waals surface area contributed by atoms with E-state index in [9.17, 15) is 18.0 Å². The van der Waals surface area contributed by atoms with Gasteiger partial charge in [-0.15, -0.1) is 11.3 Å². The first-order chi connectivity index (χ1) is 19.7. The molecule has 2 amide bonds. The largest absolute Gasteiger partial charge is 0.347 e. The molecule has 12 nitrogen and oxygen atoms in total. The van der Waals surface area contributed by atoms with Gasteiger partial charge in [-0.3, -0.25) is 9.59 Å². The van der Waals surface area contributed by atoms with Crippen LogP contribution in [-0.2, 0) is 34.6 Å². The number of aryl methyl sites for hydroxylation is 2. The zero-order valence-electron chi connectivity index (χ0n) is 23.0. The van der Waals surface area contributed by atoms with Crippen LogP contribution in [0.4, 0.5) is 10.9 Å². The van der Waals surface area contributed by atoms with Gasteiger partial charge < -0.3 is 24.7 Å². The number of nitrogens with zero attached hydrogens (tertiary/aromatic N) is 6. The second kappa shape index (κ2) is 9.79. The maximum Gasteiger partial charge on any atom is 0.271 e. The molecule has 14 heteroatoms. The van der Waals surface area contributed by atoms with Crippen LogP contribution in [-0.4, -0.2) is 78.8 Å². The van der Waals surface area contributed by atoms with Crippen LogP contribution < -0.4 is 10.6 Å². The SMILES string of the molecule is CCn1c(CC(=O)N(C2CC2)C2CC2)cc2c3c(ncn3C)c(Nc3nc(C(=O)NC4CCS(=O)(=O)C4)cs3)nc21. The van der Waals surface area contributed by atoms with E-state index < -0.39 is 21.8 Å². The maximum atomic E-state index is 13.4. The predicted octanol–water partition coefficient (Wildman–Crippen LogP) is 2.76. The Bertz CT molecular complexity index is 1790. The van der Waals surface area contributed by atoms with E-state index in [0.717, 1.165) is 47.9 Å². The number of aromatic nitrogens is 5. The fourth-order valence-corrected chi connectivity index (χ4v) is 8.28. The van der Waals surface area contributed by atoms with Crippen LogP contribution in [0.15, 0.2) is 17.8 Å². The first-order valence-electron chi connectivity index (χ1n) is 14.1. The van der Waals surface area contributed by atoms with E-state index in [2.05, 4.69) is 43.1 Å². The summed E-state index contributed by atoms with van der Waals surface area (Å²) in [6.07, 6.45) is 6.91. The van der Waals surface area contributed by atoms with Crippen LogP contribution in [0.2, 0.25) is 0 Å². The lowest BCUT2D eigenvalue weighted by Crippen LogP contribution is -2.36. The number of carbonyl (C=O) groups excluding carboxylic acids is 2. The van der Waals surface area contributed by atoms with Crippen molar-refractivity contribution in [2.24, 2.45) is 7.05 Å². The van der Waals surface area contributed by atoms with Gasteiger partial charge in [0.2, 0.25) is 5.91 Å². The minimum Gasteiger partial charge on any atom is -0.347 e. The molecule has 1 unspecified atom stereocenters. The maximum absolute atomic E-state index is 13.4.